The van der Waals surface area contributed by atoms with E-state index in [0.717, 1.165) is 0 Å². The highest BCUT2D eigenvalue weighted by Gasteiger charge is 2.11. The molecule has 0 saturated heterocycles. The summed E-state index contributed by atoms with van der Waals surface area (Å²) in [4.78, 5) is 21.4. The number of aromatic nitrogens is 4. The Morgan fingerprint density at radius 1 is 1.71 bits per heavy atom. The van der Waals surface area contributed by atoms with Crippen LogP contribution in [-0.2, 0) is 0 Å². The van der Waals surface area contributed by atoms with Crippen LogP contribution in [0.4, 0.5) is 5.95 Å². The number of anilines is 1. The van der Waals surface area contributed by atoms with Crippen molar-refractivity contribution in [2.24, 2.45) is 0 Å². The molecular formula is C7H9N5O2. The van der Waals surface area contributed by atoms with Crippen LogP contribution in [0.1, 0.15) is 13.2 Å². The minimum atomic E-state index is -0.827. The summed E-state index contributed by atoms with van der Waals surface area (Å²) in [5.41, 5.74) is 5.37. The van der Waals surface area contributed by atoms with Crippen LogP contribution in [0.2, 0.25) is 0 Å². The SMILES string of the molecule is CC(O)n1cnc2nc(N)[nH]c(=O)c21. The molecular weight excluding hydrogens is 186 g/mol. The van der Waals surface area contributed by atoms with E-state index in [-0.39, 0.29) is 17.1 Å². The average Bonchev–Trinajstić information content (AvgIpc) is 2.47. The Morgan fingerprint density at radius 3 is 3.07 bits per heavy atom. The number of fused-ring (bicyclic) bond motifs is 1. The van der Waals surface area contributed by atoms with Crippen LogP contribution in [0.5, 0.6) is 0 Å². The second-order valence-corrected chi connectivity index (χ2v) is 2.91. The third-order valence-electron chi connectivity index (χ3n) is 1.86. The summed E-state index contributed by atoms with van der Waals surface area (Å²) in [5.74, 6) is 0.0124. The van der Waals surface area contributed by atoms with Crippen molar-refractivity contribution < 1.29 is 5.11 Å². The average molecular weight is 195 g/mol. The topological polar surface area (TPSA) is 110 Å². The Morgan fingerprint density at radius 2 is 2.43 bits per heavy atom. The molecule has 0 aliphatic heterocycles. The van der Waals surface area contributed by atoms with Crippen molar-refractivity contribution in [1.29, 1.82) is 0 Å². The predicted molar refractivity (Wildman–Crippen MR) is 49.5 cm³/mol. The monoisotopic (exact) mass is 195 g/mol. The van der Waals surface area contributed by atoms with Crippen LogP contribution in [0.25, 0.3) is 11.2 Å². The van der Waals surface area contributed by atoms with E-state index in [1.807, 2.05) is 0 Å². The van der Waals surface area contributed by atoms with Gasteiger partial charge in [0.1, 0.15) is 6.23 Å². The lowest BCUT2D eigenvalue weighted by Crippen LogP contribution is -2.15. The zero-order chi connectivity index (χ0) is 10.3. The predicted octanol–water partition coefficient (Wildman–Crippen LogP) is -0.787. The normalized spacial score (nSPS) is 13.3. The molecule has 7 nitrogen and oxygen atoms in total. The van der Waals surface area contributed by atoms with Crippen LogP contribution in [0.3, 0.4) is 0 Å². The summed E-state index contributed by atoms with van der Waals surface area (Å²) in [7, 11) is 0. The molecule has 4 N–H and O–H groups in total. The summed E-state index contributed by atoms with van der Waals surface area (Å²) < 4.78 is 1.32. The Kier molecular flexibility index (Phi) is 1.74. The van der Waals surface area contributed by atoms with Gasteiger partial charge in [0.15, 0.2) is 11.2 Å². The van der Waals surface area contributed by atoms with Crippen molar-refractivity contribution in [3.63, 3.8) is 0 Å². The molecule has 14 heavy (non-hydrogen) atoms. The third kappa shape index (κ3) is 1.14. The zero-order valence-electron chi connectivity index (χ0n) is 7.43. The number of hydrogen-bond acceptors (Lipinski definition) is 5. The Bertz CT molecular complexity index is 526. The molecule has 0 aliphatic carbocycles. The first kappa shape index (κ1) is 8.70. The maximum absolute atomic E-state index is 11.4. The zero-order valence-corrected chi connectivity index (χ0v) is 7.43. The number of nitrogens with two attached hydrogens (primary N) is 1. The van der Waals surface area contributed by atoms with E-state index in [9.17, 15) is 9.90 Å². The summed E-state index contributed by atoms with van der Waals surface area (Å²) in [6.07, 6.45) is 0.517. The van der Waals surface area contributed by atoms with Gasteiger partial charge in [0.25, 0.3) is 5.56 Å². The molecule has 0 fully saturated rings. The van der Waals surface area contributed by atoms with Gasteiger partial charge in [-0.25, -0.2) is 4.98 Å². The fourth-order valence-electron chi connectivity index (χ4n) is 1.25. The number of nitrogens with zero attached hydrogens (tertiary/aromatic N) is 3. The summed E-state index contributed by atoms with van der Waals surface area (Å²) in [6.45, 7) is 1.52. The van der Waals surface area contributed by atoms with Gasteiger partial charge in [-0.2, -0.15) is 4.98 Å². The van der Waals surface area contributed by atoms with Crippen molar-refractivity contribution >= 4 is 17.1 Å². The lowest BCUT2D eigenvalue weighted by atomic mass is 10.5. The van der Waals surface area contributed by atoms with Gasteiger partial charge in [-0.05, 0) is 6.92 Å². The van der Waals surface area contributed by atoms with E-state index < -0.39 is 11.8 Å². The Balaban J connectivity index is 2.86. The Labute approximate surface area is 78.2 Å². The molecule has 2 aromatic heterocycles. The van der Waals surface area contributed by atoms with Crippen LogP contribution in [0, 0.1) is 0 Å². The molecule has 0 spiro atoms. The first-order valence-electron chi connectivity index (χ1n) is 4.00. The van der Waals surface area contributed by atoms with Gasteiger partial charge in [-0.1, -0.05) is 0 Å². The number of nitrogens with one attached hydrogen (secondary N) is 1. The number of hydrogen-bond donors (Lipinski definition) is 3. The van der Waals surface area contributed by atoms with Crippen LogP contribution >= 0.6 is 0 Å². The smallest absolute Gasteiger partial charge is 0.278 e. The summed E-state index contributed by atoms with van der Waals surface area (Å²) >= 11 is 0. The van der Waals surface area contributed by atoms with Crippen molar-refractivity contribution in [2.45, 2.75) is 13.2 Å². The lowest BCUT2D eigenvalue weighted by Gasteiger charge is -2.05. The van der Waals surface area contributed by atoms with Crippen LogP contribution in [0.15, 0.2) is 11.1 Å². The maximum Gasteiger partial charge on any atom is 0.278 e. The number of H-pyrrole nitrogens is 1. The van der Waals surface area contributed by atoms with Crippen LogP contribution < -0.4 is 11.3 Å². The van der Waals surface area contributed by atoms with E-state index in [4.69, 9.17) is 5.73 Å². The van der Waals surface area contributed by atoms with Gasteiger partial charge in [-0.15, -0.1) is 0 Å². The molecule has 0 aliphatic rings. The molecule has 2 rings (SSSR count). The van der Waals surface area contributed by atoms with E-state index in [0.29, 0.717) is 0 Å². The van der Waals surface area contributed by atoms with E-state index in [2.05, 4.69) is 15.0 Å². The molecule has 0 saturated carbocycles. The van der Waals surface area contributed by atoms with Gasteiger partial charge < -0.3 is 10.8 Å². The van der Waals surface area contributed by atoms with Gasteiger partial charge in [0.05, 0.1) is 6.33 Å². The second kappa shape index (κ2) is 2.81. The van der Waals surface area contributed by atoms with Crippen LogP contribution in [-0.4, -0.2) is 24.6 Å². The molecule has 0 aromatic carbocycles. The van der Waals surface area contributed by atoms with Gasteiger partial charge in [-0.3, -0.25) is 14.3 Å². The highest BCUT2D eigenvalue weighted by atomic mass is 16.3. The lowest BCUT2D eigenvalue weighted by molar-refractivity contribution is 0.128. The number of aromatic amines is 1. The molecule has 0 bridgehead atoms. The molecule has 7 heteroatoms. The number of rotatable bonds is 1. The van der Waals surface area contributed by atoms with E-state index in [1.54, 1.807) is 0 Å². The molecule has 2 aromatic rings. The van der Waals surface area contributed by atoms with Crippen molar-refractivity contribution in [3.8, 4) is 0 Å². The standard InChI is InChI=1S/C7H9N5O2/c1-3(13)12-2-9-5-4(12)6(14)11-7(8)10-5/h2-3,13H,1H3,(H3,8,10,11,14). The second-order valence-electron chi connectivity index (χ2n) is 2.91. The first-order valence-corrected chi connectivity index (χ1v) is 4.00. The molecule has 74 valence electrons. The number of aliphatic hydroxyl groups is 1. The van der Waals surface area contributed by atoms with Gasteiger partial charge >= 0.3 is 0 Å². The number of imidazole rings is 1. The minimum absolute atomic E-state index is 0.0124. The maximum atomic E-state index is 11.4. The highest BCUT2D eigenvalue weighted by Crippen LogP contribution is 2.10. The molecule has 2 heterocycles. The van der Waals surface area contributed by atoms with E-state index in [1.165, 1.54) is 17.8 Å². The fraction of sp³-hybridized carbons (Fsp3) is 0.286. The molecule has 0 radical (unpaired) electrons. The van der Waals surface area contributed by atoms with Gasteiger partial charge in [0.2, 0.25) is 5.95 Å². The highest BCUT2D eigenvalue weighted by molar-refractivity contribution is 5.70. The summed E-state index contributed by atoms with van der Waals surface area (Å²) in [6, 6.07) is 0. The van der Waals surface area contributed by atoms with E-state index >= 15 is 0 Å². The summed E-state index contributed by atoms with van der Waals surface area (Å²) in [5, 5.41) is 9.32. The van der Waals surface area contributed by atoms with Crippen molar-refractivity contribution in [1.82, 2.24) is 19.5 Å². The fourth-order valence-corrected chi connectivity index (χ4v) is 1.25. The molecule has 0 amide bonds. The van der Waals surface area contributed by atoms with Gasteiger partial charge in [0, 0.05) is 0 Å². The number of aliphatic hydroxyl groups excluding tert-OH is 1. The quantitative estimate of drug-likeness (QED) is 0.552. The largest absolute Gasteiger partial charge is 0.374 e. The number of nitrogen functional groups attached to an aromatic ring is 1. The minimum Gasteiger partial charge on any atom is -0.374 e. The first-order chi connectivity index (χ1) is 6.59. The van der Waals surface area contributed by atoms with Crippen molar-refractivity contribution in [3.05, 3.63) is 16.7 Å². The molecule has 1 unspecified atom stereocenters. The third-order valence-corrected chi connectivity index (χ3v) is 1.86. The Hall–Kier alpha value is -1.89. The van der Waals surface area contributed by atoms with Crippen molar-refractivity contribution in [2.75, 3.05) is 5.73 Å². The molecule has 1 atom stereocenters.